The smallest absolute Gasteiger partial charge is 0.271 e. The zero-order valence-corrected chi connectivity index (χ0v) is 25.4. The van der Waals surface area contributed by atoms with Gasteiger partial charge in [-0.1, -0.05) is 72.0 Å². The van der Waals surface area contributed by atoms with E-state index in [1.807, 2.05) is 103 Å². The predicted molar refractivity (Wildman–Crippen MR) is 174 cm³/mol. The molecule has 9 heteroatoms. The second-order valence-corrected chi connectivity index (χ2v) is 11.3. The van der Waals surface area contributed by atoms with Crippen LogP contribution in [0.15, 0.2) is 124 Å². The number of fused-ring (bicyclic) bond motifs is 1. The number of amides is 1. The van der Waals surface area contributed by atoms with Gasteiger partial charge in [-0.05, 0) is 66.6 Å². The molecule has 1 aromatic heterocycles. The molecule has 5 aromatic rings. The summed E-state index contributed by atoms with van der Waals surface area (Å²) in [6.07, 6.45) is 1.81. The summed E-state index contributed by atoms with van der Waals surface area (Å²) in [6, 6.07) is 32.7. The number of anilines is 1. The number of thiazole rings is 1. The average molecular weight is 613 g/mol. The van der Waals surface area contributed by atoms with E-state index in [-0.39, 0.29) is 18.1 Å². The lowest BCUT2D eigenvalue weighted by Crippen LogP contribution is -2.40. The number of nitrogens with one attached hydrogen (secondary N) is 1. The molecule has 222 valence electrons. The lowest BCUT2D eigenvalue weighted by Gasteiger charge is -2.25. The molecule has 0 saturated heterocycles. The van der Waals surface area contributed by atoms with Crippen LogP contribution in [0.3, 0.4) is 0 Å². The lowest BCUT2D eigenvalue weighted by molar-refractivity contribution is -0.113. The van der Waals surface area contributed by atoms with Gasteiger partial charge in [-0.3, -0.25) is 14.2 Å². The number of carbonyl (C=O) groups excluding carboxylic acids is 1. The second kappa shape index (κ2) is 12.9. The van der Waals surface area contributed by atoms with E-state index in [0.29, 0.717) is 43.4 Å². The highest BCUT2D eigenvalue weighted by Crippen LogP contribution is 2.32. The van der Waals surface area contributed by atoms with Crippen LogP contribution in [0.2, 0.25) is 0 Å². The van der Waals surface area contributed by atoms with Gasteiger partial charge in [-0.15, -0.1) is 0 Å². The monoisotopic (exact) mass is 612 g/mol. The van der Waals surface area contributed by atoms with Crippen molar-refractivity contribution in [3.8, 4) is 17.6 Å². The highest BCUT2D eigenvalue weighted by molar-refractivity contribution is 7.07. The van der Waals surface area contributed by atoms with E-state index >= 15 is 0 Å². The van der Waals surface area contributed by atoms with Crippen molar-refractivity contribution in [2.45, 2.75) is 19.6 Å². The van der Waals surface area contributed by atoms with E-state index < -0.39 is 6.04 Å². The maximum atomic E-state index is 14.0. The van der Waals surface area contributed by atoms with Crippen LogP contribution in [0.5, 0.6) is 11.5 Å². The van der Waals surface area contributed by atoms with Crippen LogP contribution in [0.25, 0.3) is 6.08 Å². The second-order valence-electron chi connectivity index (χ2n) is 10.3. The zero-order chi connectivity index (χ0) is 31.3. The molecule has 0 radical (unpaired) electrons. The van der Waals surface area contributed by atoms with Gasteiger partial charge in [0, 0.05) is 11.3 Å². The standard InChI is InChI=1S/C36H28N4O4S/c1-23-32(34(41)39-28-12-4-3-5-13-28)33(25-11-8-14-30(20-25)43-2)40-35(42)31(45-36(40)38-23)19-24-15-17-29(18-16-24)44-22-27-10-7-6-9-26(27)21-37/h3-20,33H,22H2,1-2H3,(H,39,41)/b31-19-/t33-/m1/s1. The van der Waals surface area contributed by atoms with Crippen molar-refractivity contribution in [1.82, 2.24) is 4.57 Å². The number of allylic oxidation sites excluding steroid dienone is 1. The van der Waals surface area contributed by atoms with Gasteiger partial charge in [0.25, 0.3) is 11.5 Å². The number of carbonyl (C=O) groups is 1. The summed E-state index contributed by atoms with van der Waals surface area (Å²) < 4.78 is 13.4. The van der Waals surface area contributed by atoms with Crippen LogP contribution < -0.4 is 29.7 Å². The first-order valence-electron chi connectivity index (χ1n) is 14.2. The summed E-state index contributed by atoms with van der Waals surface area (Å²) in [5, 5.41) is 12.3. The van der Waals surface area contributed by atoms with E-state index in [1.165, 1.54) is 11.3 Å². The van der Waals surface area contributed by atoms with Gasteiger partial charge in [0.1, 0.15) is 18.1 Å². The summed E-state index contributed by atoms with van der Waals surface area (Å²) in [5.41, 5.74) is 4.23. The van der Waals surface area contributed by atoms with E-state index in [9.17, 15) is 14.9 Å². The SMILES string of the molecule is COc1cccc([C@@H]2C(C(=O)Nc3ccccc3)=C(C)N=c3s/c(=C\c4ccc(OCc5ccccc5C#N)cc4)c(=O)n32)c1. The van der Waals surface area contributed by atoms with Gasteiger partial charge >= 0.3 is 0 Å². The molecule has 8 nitrogen and oxygen atoms in total. The number of aromatic nitrogens is 1. The Morgan fingerprint density at radius 2 is 1.76 bits per heavy atom. The molecular weight excluding hydrogens is 584 g/mol. The number of nitrogens with zero attached hydrogens (tertiary/aromatic N) is 3. The van der Waals surface area contributed by atoms with Crippen molar-refractivity contribution >= 4 is 29.0 Å². The third-order valence-corrected chi connectivity index (χ3v) is 8.40. The normalized spacial score (nSPS) is 14.2. The average Bonchev–Trinajstić information content (AvgIpc) is 3.37. The fraction of sp³-hybridized carbons (Fsp3) is 0.111. The Kier molecular flexibility index (Phi) is 8.40. The number of methoxy groups -OCH3 is 1. The van der Waals surface area contributed by atoms with Crippen molar-refractivity contribution in [2.24, 2.45) is 4.99 Å². The molecular formula is C36H28N4O4S. The molecule has 0 saturated carbocycles. The van der Waals surface area contributed by atoms with Crippen LogP contribution in [-0.2, 0) is 11.4 Å². The van der Waals surface area contributed by atoms with Crippen molar-refractivity contribution in [2.75, 3.05) is 12.4 Å². The van der Waals surface area contributed by atoms with Crippen LogP contribution in [-0.4, -0.2) is 17.6 Å². The molecule has 1 atom stereocenters. The third kappa shape index (κ3) is 6.18. The number of benzene rings is 4. The molecule has 0 aliphatic carbocycles. The zero-order valence-electron chi connectivity index (χ0n) is 24.6. The van der Waals surface area contributed by atoms with Crippen molar-refractivity contribution < 1.29 is 14.3 Å². The molecule has 1 amide bonds. The van der Waals surface area contributed by atoms with Crippen molar-refractivity contribution in [3.05, 3.63) is 156 Å². The summed E-state index contributed by atoms with van der Waals surface area (Å²) in [6.45, 7) is 2.06. The van der Waals surface area contributed by atoms with E-state index in [1.54, 1.807) is 24.7 Å². The molecule has 4 aromatic carbocycles. The topological polar surface area (TPSA) is 106 Å². The third-order valence-electron chi connectivity index (χ3n) is 7.42. The van der Waals surface area contributed by atoms with Crippen molar-refractivity contribution in [1.29, 1.82) is 5.26 Å². The van der Waals surface area contributed by atoms with Gasteiger partial charge in [0.05, 0.1) is 40.6 Å². The number of ether oxygens (including phenoxy) is 2. The number of para-hydroxylation sites is 1. The number of hydrogen-bond acceptors (Lipinski definition) is 7. The Labute approximate surface area is 263 Å². The summed E-state index contributed by atoms with van der Waals surface area (Å²) in [4.78, 5) is 33.0. The maximum Gasteiger partial charge on any atom is 0.271 e. The van der Waals surface area contributed by atoms with Gasteiger partial charge in [0.15, 0.2) is 4.80 Å². The molecule has 0 spiro atoms. The largest absolute Gasteiger partial charge is 0.497 e. The molecule has 1 aliphatic heterocycles. The molecule has 1 N–H and O–H groups in total. The fourth-order valence-electron chi connectivity index (χ4n) is 5.19. The molecule has 2 heterocycles. The van der Waals surface area contributed by atoms with E-state index in [4.69, 9.17) is 14.5 Å². The molecule has 45 heavy (non-hydrogen) atoms. The molecule has 6 rings (SSSR count). The van der Waals surface area contributed by atoms with E-state index in [0.717, 1.165) is 16.7 Å². The minimum atomic E-state index is -0.714. The highest BCUT2D eigenvalue weighted by Gasteiger charge is 2.32. The Balaban J connectivity index is 1.35. The molecule has 0 fully saturated rings. The number of rotatable bonds is 8. The minimum Gasteiger partial charge on any atom is -0.497 e. The fourth-order valence-corrected chi connectivity index (χ4v) is 6.23. The minimum absolute atomic E-state index is 0.252. The Morgan fingerprint density at radius 1 is 1.00 bits per heavy atom. The first kappa shape index (κ1) is 29.4. The van der Waals surface area contributed by atoms with Crippen LogP contribution in [0.4, 0.5) is 5.69 Å². The van der Waals surface area contributed by atoms with Gasteiger partial charge in [-0.2, -0.15) is 5.26 Å². The predicted octanol–water partition coefficient (Wildman–Crippen LogP) is 5.33. The Bertz CT molecular complexity index is 2140. The van der Waals surface area contributed by atoms with Gasteiger partial charge in [0.2, 0.25) is 0 Å². The van der Waals surface area contributed by atoms with Crippen LogP contribution >= 0.6 is 11.3 Å². The molecule has 1 aliphatic rings. The van der Waals surface area contributed by atoms with Gasteiger partial charge < -0.3 is 14.8 Å². The maximum absolute atomic E-state index is 14.0. The van der Waals surface area contributed by atoms with Gasteiger partial charge in [-0.25, -0.2) is 4.99 Å². The number of hydrogen-bond donors (Lipinski definition) is 1. The Morgan fingerprint density at radius 3 is 2.51 bits per heavy atom. The summed E-state index contributed by atoms with van der Waals surface area (Å²) in [7, 11) is 1.58. The van der Waals surface area contributed by atoms with Crippen LogP contribution in [0.1, 0.15) is 35.2 Å². The van der Waals surface area contributed by atoms with Crippen molar-refractivity contribution in [3.63, 3.8) is 0 Å². The summed E-state index contributed by atoms with van der Waals surface area (Å²) >= 11 is 1.27. The van der Waals surface area contributed by atoms with E-state index in [2.05, 4.69) is 11.4 Å². The summed E-state index contributed by atoms with van der Waals surface area (Å²) in [5.74, 6) is 0.923. The quantitative estimate of drug-likeness (QED) is 0.255. The lowest BCUT2D eigenvalue weighted by atomic mass is 9.95. The first-order chi connectivity index (χ1) is 21.9. The highest BCUT2D eigenvalue weighted by atomic mass is 32.1. The van der Waals surface area contributed by atoms with Crippen LogP contribution in [0, 0.1) is 11.3 Å². The number of nitriles is 1. The Hall–Kier alpha value is -5.72. The first-order valence-corrected chi connectivity index (χ1v) is 15.0. The molecule has 0 bridgehead atoms. The molecule has 0 unspecified atom stereocenters.